The summed E-state index contributed by atoms with van der Waals surface area (Å²) in [6.07, 6.45) is 4.07. The Kier molecular flexibility index (Phi) is 4.86. The quantitative estimate of drug-likeness (QED) is 0.602. The van der Waals surface area contributed by atoms with Crippen LogP contribution in [0.25, 0.3) is 5.57 Å². The lowest BCUT2D eigenvalue weighted by Gasteiger charge is -2.22. The lowest BCUT2D eigenvalue weighted by Crippen LogP contribution is -2.34. The van der Waals surface area contributed by atoms with Gasteiger partial charge in [-0.15, -0.1) is 0 Å². The molecule has 0 amide bonds. The molecule has 0 spiro atoms. The SMILES string of the molecule is COC(=O)[C@@H]1[C@H](C(=O)OC)[C@H]2C=C[C@@H]1C2=C(c1ccccc1)c1ccccc1. The van der Waals surface area contributed by atoms with Gasteiger partial charge >= 0.3 is 11.9 Å². The van der Waals surface area contributed by atoms with Gasteiger partial charge in [0.2, 0.25) is 0 Å². The van der Waals surface area contributed by atoms with E-state index < -0.39 is 11.8 Å². The van der Waals surface area contributed by atoms with Crippen molar-refractivity contribution < 1.29 is 19.1 Å². The average Bonchev–Trinajstić information content (AvgIpc) is 3.30. The number of allylic oxidation sites excluding steroid dienone is 3. The summed E-state index contributed by atoms with van der Waals surface area (Å²) in [7, 11) is 2.73. The zero-order chi connectivity index (χ0) is 19.7. The van der Waals surface area contributed by atoms with Gasteiger partial charge in [-0.1, -0.05) is 72.8 Å². The molecule has 28 heavy (non-hydrogen) atoms. The predicted octanol–water partition coefficient (Wildman–Crippen LogP) is 3.88. The predicted molar refractivity (Wildman–Crippen MR) is 106 cm³/mol. The highest BCUT2D eigenvalue weighted by Gasteiger charge is 2.56. The third-order valence-corrected chi connectivity index (χ3v) is 5.77. The van der Waals surface area contributed by atoms with Crippen molar-refractivity contribution in [3.63, 3.8) is 0 Å². The van der Waals surface area contributed by atoms with Crippen LogP contribution in [0.4, 0.5) is 0 Å². The summed E-state index contributed by atoms with van der Waals surface area (Å²) in [6, 6.07) is 20.2. The van der Waals surface area contributed by atoms with Crippen molar-refractivity contribution in [1.29, 1.82) is 0 Å². The molecule has 0 unspecified atom stereocenters. The Bertz CT molecular complexity index is 868. The van der Waals surface area contributed by atoms with E-state index in [9.17, 15) is 9.59 Å². The molecule has 0 radical (unpaired) electrons. The number of esters is 2. The molecule has 1 saturated carbocycles. The van der Waals surface area contributed by atoms with E-state index >= 15 is 0 Å². The van der Waals surface area contributed by atoms with Crippen LogP contribution in [0.2, 0.25) is 0 Å². The van der Waals surface area contributed by atoms with Crippen LogP contribution >= 0.6 is 0 Å². The fraction of sp³-hybridized carbons (Fsp3) is 0.250. The molecule has 4 heteroatoms. The average molecular weight is 374 g/mol. The molecule has 2 bridgehead atoms. The highest BCUT2D eigenvalue weighted by Crippen LogP contribution is 2.55. The second kappa shape index (κ2) is 7.47. The number of ether oxygens (including phenoxy) is 2. The number of methoxy groups -OCH3 is 2. The van der Waals surface area contributed by atoms with Gasteiger partial charge in [-0.05, 0) is 22.3 Å². The number of carbonyl (C=O) groups excluding carboxylic acids is 2. The van der Waals surface area contributed by atoms with Gasteiger partial charge in [-0.3, -0.25) is 9.59 Å². The van der Waals surface area contributed by atoms with E-state index in [-0.39, 0.29) is 23.8 Å². The van der Waals surface area contributed by atoms with Crippen molar-refractivity contribution in [3.8, 4) is 0 Å². The van der Waals surface area contributed by atoms with E-state index in [1.54, 1.807) is 0 Å². The van der Waals surface area contributed by atoms with Crippen LogP contribution in [0.1, 0.15) is 11.1 Å². The molecule has 2 aliphatic rings. The van der Waals surface area contributed by atoms with Crippen molar-refractivity contribution in [2.75, 3.05) is 14.2 Å². The molecule has 0 aliphatic heterocycles. The monoisotopic (exact) mass is 374 g/mol. The molecular weight excluding hydrogens is 352 g/mol. The first-order valence-corrected chi connectivity index (χ1v) is 9.36. The van der Waals surface area contributed by atoms with Gasteiger partial charge in [0, 0.05) is 11.8 Å². The van der Waals surface area contributed by atoms with Crippen molar-refractivity contribution in [2.24, 2.45) is 23.7 Å². The Balaban J connectivity index is 1.95. The lowest BCUT2D eigenvalue weighted by molar-refractivity contribution is -0.158. The number of fused-ring (bicyclic) bond motifs is 2. The van der Waals surface area contributed by atoms with Crippen LogP contribution in [-0.4, -0.2) is 26.2 Å². The third-order valence-electron chi connectivity index (χ3n) is 5.77. The van der Waals surface area contributed by atoms with Gasteiger partial charge in [0.25, 0.3) is 0 Å². The Hall–Kier alpha value is -3.14. The maximum atomic E-state index is 12.6. The normalized spacial score (nSPS) is 24.9. The third kappa shape index (κ3) is 2.85. The second-order valence-electron chi connectivity index (χ2n) is 7.10. The first kappa shape index (κ1) is 18.2. The molecule has 0 N–H and O–H groups in total. The van der Waals surface area contributed by atoms with E-state index in [4.69, 9.17) is 9.47 Å². The molecule has 4 rings (SSSR count). The highest BCUT2D eigenvalue weighted by molar-refractivity contribution is 5.91. The smallest absolute Gasteiger partial charge is 0.310 e. The molecule has 0 saturated heterocycles. The van der Waals surface area contributed by atoms with E-state index in [2.05, 4.69) is 24.3 Å². The summed E-state index contributed by atoms with van der Waals surface area (Å²) in [6.45, 7) is 0. The fourth-order valence-electron chi connectivity index (χ4n) is 4.64. The summed E-state index contributed by atoms with van der Waals surface area (Å²) >= 11 is 0. The first-order valence-electron chi connectivity index (χ1n) is 9.36. The Labute approximate surface area is 164 Å². The van der Waals surface area contributed by atoms with Crippen molar-refractivity contribution in [1.82, 2.24) is 0 Å². The summed E-state index contributed by atoms with van der Waals surface area (Å²) in [5, 5.41) is 0. The maximum absolute atomic E-state index is 12.6. The number of carbonyl (C=O) groups is 2. The molecule has 142 valence electrons. The minimum absolute atomic E-state index is 0.183. The molecule has 4 nitrogen and oxygen atoms in total. The van der Waals surface area contributed by atoms with E-state index in [0.717, 1.165) is 22.3 Å². The summed E-state index contributed by atoms with van der Waals surface area (Å²) in [5.41, 5.74) is 4.29. The summed E-state index contributed by atoms with van der Waals surface area (Å²) in [4.78, 5) is 25.2. The highest BCUT2D eigenvalue weighted by atomic mass is 16.5. The summed E-state index contributed by atoms with van der Waals surface area (Å²) < 4.78 is 10.1. The topological polar surface area (TPSA) is 52.6 Å². The molecule has 0 aromatic heterocycles. The fourth-order valence-corrected chi connectivity index (χ4v) is 4.64. The number of hydrogen-bond donors (Lipinski definition) is 0. The minimum Gasteiger partial charge on any atom is -0.469 e. The van der Waals surface area contributed by atoms with Gasteiger partial charge in [0.05, 0.1) is 26.1 Å². The molecule has 2 aliphatic carbocycles. The molecule has 2 aromatic carbocycles. The molecule has 1 fully saturated rings. The summed E-state index contributed by atoms with van der Waals surface area (Å²) in [5.74, 6) is -2.24. The van der Waals surface area contributed by atoms with Crippen LogP contribution in [0, 0.1) is 23.7 Å². The van der Waals surface area contributed by atoms with Crippen molar-refractivity contribution in [2.45, 2.75) is 0 Å². The Morgan fingerprint density at radius 2 is 1.07 bits per heavy atom. The number of benzene rings is 2. The number of hydrogen-bond acceptors (Lipinski definition) is 4. The molecular formula is C24H22O4. The van der Waals surface area contributed by atoms with Crippen LogP contribution < -0.4 is 0 Å². The van der Waals surface area contributed by atoms with Gasteiger partial charge in [-0.2, -0.15) is 0 Å². The largest absolute Gasteiger partial charge is 0.469 e. The number of rotatable bonds is 4. The van der Waals surface area contributed by atoms with Crippen LogP contribution in [-0.2, 0) is 19.1 Å². The van der Waals surface area contributed by atoms with Crippen LogP contribution in [0.15, 0.2) is 78.4 Å². The zero-order valence-corrected chi connectivity index (χ0v) is 15.9. The Morgan fingerprint density at radius 1 is 0.679 bits per heavy atom. The molecule has 2 aromatic rings. The van der Waals surface area contributed by atoms with Crippen molar-refractivity contribution in [3.05, 3.63) is 89.5 Å². The first-order chi connectivity index (χ1) is 13.7. The van der Waals surface area contributed by atoms with Crippen LogP contribution in [0.3, 0.4) is 0 Å². The van der Waals surface area contributed by atoms with E-state index in [1.807, 2.05) is 48.6 Å². The van der Waals surface area contributed by atoms with Gasteiger partial charge < -0.3 is 9.47 Å². The lowest BCUT2D eigenvalue weighted by atomic mass is 9.83. The zero-order valence-electron chi connectivity index (χ0n) is 15.9. The maximum Gasteiger partial charge on any atom is 0.310 e. The van der Waals surface area contributed by atoms with E-state index in [1.165, 1.54) is 14.2 Å². The Morgan fingerprint density at radius 3 is 1.43 bits per heavy atom. The van der Waals surface area contributed by atoms with E-state index in [0.29, 0.717) is 0 Å². The van der Waals surface area contributed by atoms with Crippen LogP contribution in [0.5, 0.6) is 0 Å². The van der Waals surface area contributed by atoms with Gasteiger partial charge in [-0.25, -0.2) is 0 Å². The standard InChI is InChI=1S/C24H22O4/c1-27-23(25)21-17-13-14-18(22(21)24(26)28-2)20(17)19(15-9-5-3-6-10-15)16-11-7-4-8-12-16/h3-14,17-18,21-22H,1-2H3/t17-,18+,21+,22-. The minimum atomic E-state index is -0.565. The van der Waals surface area contributed by atoms with Gasteiger partial charge in [0.1, 0.15) is 0 Å². The van der Waals surface area contributed by atoms with Gasteiger partial charge in [0.15, 0.2) is 0 Å². The molecule has 4 atom stereocenters. The van der Waals surface area contributed by atoms with Crippen molar-refractivity contribution >= 4 is 17.5 Å². The second-order valence-corrected chi connectivity index (χ2v) is 7.10. The molecule has 0 heterocycles.